The van der Waals surface area contributed by atoms with Crippen LogP contribution in [-0.2, 0) is 6.42 Å². The van der Waals surface area contributed by atoms with Gasteiger partial charge in [-0.1, -0.05) is 97.4 Å². The molecule has 0 fully saturated rings. The van der Waals surface area contributed by atoms with Crippen LogP contribution in [-0.4, -0.2) is 0 Å². The van der Waals surface area contributed by atoms with Gasteiger partial charge in [-0.15, -0.1) is 0 Å². The molecule has 0 radical (unpaired) electrons. The number of fused-ring (bicyclic) bond motifs is 1. The van der Waals surface area contributed by atoms with E-state index in [0.29, 0.717) is 23.7 Å². The first kappa shape index (κ1) is 20.9. The molecule has 2 aromatic carbocycles. The van der Waals surface area contributed by atoms with Crippen LogP contribution in [0.15, 0.2) is 35.9 Å². The van der Waals surface area contributed by atoms with Gasteiger partial charge in [0.25, 0.3) is 0 Å². The number of allylic oxidation sites excluding steroid dienone is 1. The van der Waals surface area contributed by atoms with Crippen molar-refractivity contribution in [1.29, 1.82) is 0 Å². The summed E-state index contributed by atoms with van der Waals surface area (Å²) in [7, 11) is 0. The van der Waals surface area contributed by atoms with E-state index in [-0.39, 0.29) is 0 Å². The minimum absolute atomic E-state index is 0.520. The first-order valence-electron chi connectivity index (χ1n) is 11.2. The molecule has 1 aliphatic rings. The minimum atomic E-state index is 0.520. The lowest BCUT2D eigenvalue weighted by Gasteiger charge is -2.20. The second kappa shape index (κ2) is 8.27. The van der Waals surface area contributed by atoms with Crippen molar-refractivity contribution in [3.8, 4) is 11.1 Å². The summed E-state index contributed by atoms with van der Waals surface area (Å²) in [5, 5.41) is 0. The van der Waals surface area contributed by atoms with Gasteiger partial charge in [0.05, 0.1) is 0 Å². The summed E-state index contributed by atoms with van der Waals surface area (Å²) in [4.78, 5) is 0. The highest BCUT2D eigenvalue weighted by molar-refractivity contribution is 5.84. The summed E-state index contributed by atoms with van der Waals surface area (Å²) >= 11 is 0. The molecule has 0 N–H and O–H groups in total. The van der Waals surface area contributed by atoms with E-state index in [1.54, 1.807) is 5.57 Å². The topological polar surface area (TPSA) is 0 Å². The molecule has 1 atom stereocenters. The Morgan fingerprint density at radius 3 is 1.89 bits per heavy atom. The zero-order chi connectivity index (χ0) is 20.6. The Balaban J connectivity index is 2.27. The van der Waals surface area contributed by atoms with Crippen molar-refractivity contribution in [1.82, 2.24) is 0 Å². The third-order valence-corrected chi connectivity index (χ3v) is 6.56. The van der Waals surface area contributed by atoms with Gasteiger partial charge in [0.2, 0.25) is 0 Å². The third kappa shape index (κ3) is 3.97. The van der Waals surface area contributed by atoms with E-state index < -0.39 is 0 Å². The van der Waals surface area contributed by atoms with Crippen molar-refractivity contribution >= 4 is 6.08 Å². The Morgan fingerprint density at radius 2 is 1.39 bits per heavy atom. The number of rotatable bonds is 6. The summed E-state index contributed by atoms with van der Waals surface area (Å²) < 4.78 is 0. The maximum absolute atomic E-state index is 2.52. The maximum Gasteiger partial charge on any atom is -0.00549 e. The Hall–Kier alpha value is -1.82. The van der Waals surface area contributed by atoms with Gasteiger partial charge >= 0.3 is 0 Å². The summed E-state index contributed by atoms with van der Waals surface area (Å²) in [6.07, 6.45) is 4.85. The van der Waals surface area contributed by atoms with E-state index in [9.17, 15) is 0 Å². The van der Waals surface area contributed by atoms with Gasteiger partial charge in [0.15, 0.2) is 0 Å². The van der Waals surface area contributed by atoms with E-state index >= 15 is 0 Å². The lowest BCUT2D eigenvalue weighted by atomic mass is 9.84. The molecule has 1 unspecified atom stereocenters. The molecule has 0 aromatic heterocycles. The van der Waals surface area contributed by atoms with E-state index in [0.717, 1.165) is 6.42 Å². The van der Waals surface area contributed by atoms with Crippen LogP contribution in [0.3, 0.4) is 0 Å². The monoisotopic (exact) mass is 374 g/mol. The Labute approximate surface area is 173 Å². The average molecular weight is 375 g/mol. The average Bonchev–Trinajstić information content (AvgIpc) is 3.10. The van der Waals surface area contributed by atoms with Gasteiger partial charge in [-0.25, -0.2) is 0 Å². The highest BCUT2D eigenvalue weighted by atomic mass is 14.3. The number of hydrogen-bond donors (Lipinski definition) is 0. The molecular weight excluding hydrogens is 336 g/mol. The van der Waals surface area contributed by atoms with Crippen LogP contribution >= 0.6 is 0 Å². The van der Waals surface area contributed by atoms with Crippen LogP contribution < -0.4 is 0 Å². The summed E-state index contributed by atoms with van der Waals surface area (Å²) in [6, 6.07) is 12.1. The van der Waals surface area contributed by atoms with Gasteiger partial charge in [-0.05, 0) is 75.5 Å². The van der Waals surface area contributed by atoms with Gasteiger partial charge in [0.1, 0.15) is 0 Å². The van der Waals surface area contributed by atoms with Crippen molar-refractivity contribution in [3.05, 3.63) is 63.7 Å². The molecule has 0 nitrogen and oxygen atoms in total. The van der Waals surface area contributed by atoms with Gasteiger partial charge in [0, 0.05) is 0 Å². The fourth-order valence-electron chi connectivity index (χ4n) is 4.32. The van der Waals surface area contributed by atoms with E-state index in [1.165, 1.54) is 45.4 Å². The predicted molar refractivity (Wildman–Crippen MR) is 125 cm³/mol. The number of hydrogen-bond acceptors (Lipinski definition) is 0. The fraction of sp³-hybridized carbons (Fsp3) is 0.500. The van der Waals surface area contributed by atoms with Crippen molar-refractivity contribution in [3.63, 3.8) is 0 Å². The molecule has 0 amide bonds. The molecule has 0 heterocycles. The molecule has 3 rings (SSSR count). The first-order chi connectivity index (χ1) is 13.2. The SMILES string of the molecule is CCC(C)C1=Cc2c(ccc(C(C)C)c2-c2cc(C(C)C)cc(C(C)C)c2)C1. The zero-order valence-corrected chi connectivity index (χ0v) is 19.2. The number of benzene rings is 2. The normalized spacial score (nSPS) is 14.8. The zero-order valence-electron chi connectivity index (χ0n) is 19.2. The van der Waals surface area contributed by atoms with Crippen LogP contribution in [0.5, 0.6) is 0 Å². The maximum atomic E-state index is 2.52. The van der Waals surface area contributed by atoms with Crippen molar-refractivity contribution in [2.45, 2.75) is 86.0 Å². The van der Waals surface area contributed by atoms with Crippen LogP contribution in [0.4, 0.5) is 0 Å². The second-order valence-electron chi connectivity index (χ2n) is 9.66. The largest absolute Gasteiger partial charge is 0.0648 e. The molecule has 0 heteroatoms. The first-order valence-corrected chi connectivity index (χ1v) is 11.2. The van der Waals surface area contributed by atoms with Crippen LogP contribution in [0, 0.1) is 5.92 Å². The summed E-state index contributed by atoms with van der Waals surface area (Å²) in [5.74, 6) is 2.27. The van der Waals surface area contributed by atoms with Crippen LogP contribution in [0.1, 0.15) is 107 Å². The molecule has 0 spiro atoms. The quantitative estimate of drug-likeness (QED) is 0.474. The second-order valence-corrected chi connectivity index (χ2v) is 9.66. The van der Waals surface area contributed by atoms with Gasteiger partial charge < -0.3 is 0 Å². The van der Waals surface area contributed by atoms with E-state index in [2.05, 4.69) is 91.8 Å². The molecule has 28 heavy (non-hydrogen) atoms. The van der Waals surface area contributed by atoms with Crippen molar-refractivity contribution < 1.29 is 0 Å². The lowest BCUT2D eigenvalue weighted by Crippen LogP contribution is -2.01. The Bertz CT molecular complexity index is 851. The van der Waals surface area contributed by atoms with Crippen molar-refractivity contribution in [2.75, 3.05) is 0 Å². The van der Waals surface area contributed by atoms with Gasteiger partial charge in [-0.2, -0.15) is 0 Å². The molecule has 0 bridgehead atoms. The van der Waals surface area contributed by atoms with E-state index in [1.807, 2.05) is 0 Å². The van der Waals surface area contributed by atoms with Crippen molar-refractivity contribution in [2.24, 2.45) is 5.92 Å². The summed E-state index contributed by atoms with van der Waals surface area (Å²) in [6.45, 7) is 18.6. The van der Waals surface area contributed by atoms with Crippen LogP contribution in [0.2, 0.25) is 0 Å². The fourth-order valence-corrected chi connectivity index (χ4v) is 4.32. The standard InChI is InChI=1S/C28H38/c1-9-20(8)24-12-21-10-11-26(19(6)7)28(27(21)16-24)25-14-22(17(2)3)13-23(15-25)18(4)5/h10-11,13-20H,9,12H2,1-8H3. The molecule has 0 saturated heterocycles. The molecule has 0 saturated carbocycles. The Morgan fingerprint density at radius 1 is 0.786 bits per heavy atom. The summed E-state index contributed by atoms with van der Waals surface area (Å²) in [5.41, 5.74) is 11.9. The predicted octanol–water partition coefficient (Wildman–Crippen LogP) is 8.71. The van der Waals surface area contributed by atoms with Gasteiger partial charge in [-0.3, -0.25) is 0 Å². The molecular formula is C28H38. The van der Waals surface area contributed by atoms with E-state index in [4.69, 9.17) is 0 Å². The van der Waals surface area contributed by atoms with Crippen LogP contribution in [0.25, 0.3) is 17.2 Å². The third-order valence-electron chi connectivity index (χ3n) is 6.56. The smallest absolute Gasteiger partial charge is 0.00549 e. The Kier molecular flexibility index (Phi) is 6.18. The molecule has 0 aliphatic heterocycles. The highest BCUT2D eigenvalue weighted by Gasteiger charge is 2.23. The lowest BCUT2D eigenvalue weighted by molar-refractivity contribution is 0.647. The highest BCUT2D eigenvalue weighted by Crippen LogP contribution is 2.42. The molecule has 2 aromatic rings. The molecule has 1 aliphatic carbocycles. The molecule has 150 valence electrons. The minimum Gasteiger partial charge on any atom is -0.0648 e.